The normalized spacial score (nSPS) is 14.2. The van der Waals surface area contributed by atoms with Crippen LogP contribution in [0.25, 0.3) is 0 Å². The molecule has 0 heterocycles. The van der Waals surface area contributed by atoms with E-state index in [2.05, 4.69) is 78.6 Å². The van der Waals surface area contributed by atoms with Gasteiger partial charge in [0.1, 0.15) is 0 Å². The van der Waals surface area contributed by atoms with Gasteiger partial charge in [0.05, 0.1) is 6.61 Å². The predicted octanol–water partition coefficient (Wildman–Crippen LogP) is 7.51. The Bertz CT molecular complexity index is 557. The van der Waals surface area contributed by atoms with E-state index in [9.17, 15) is 9.59 Å². The summed E-state index contributed by atoms with van der Waals surface area (Å²) < 4.78 is 11.5. The lowest BCUT2D eigenvalue weighted by Gasteiger charge is -2.45. The molecule has 0 atom stereocenters. The highest BCUT2D eigenvalue weighted by Gasteiger charge is 2.40. The van der Waals surface area contributed by atoms with E-state index in [0.717, 1.165) is 12.8 Å². The van der Waals surface area contributed by atoms with Crippen LogP contribution < -0.4 is 0 Å². The Morgan fingerprint density at radius 3 is 1.61 bits per heavy atom. The molecular weight excluding hydrogens is 467 g/mol. The highest BCUT2D eigenvalue weighted by molar-refractivity contribution is 8.13. The van der Waals surface area contributed by atoms with E-state index in [1.807, 2.05) is 26.9 Å². The number of rotatable bonds is 15. The van der Waals surface area contributed by atoms with Crippen molar-refractivity contribution in [2.24, 2.45) is 5.41 Å². The molecule has 0 radical (unpaired) electrons. The van der Waals surface area contributed by atoms with E-state index in [0.29, 0.717) is 36.5 Å². The van der Waals surface area contributed by atoms with E-state index in [1.54, 1.807) is 0 Å². The SMILES string of the molecule is CC(C)N(C(C)C)P(OCCSC(=O)C(C)(C)CCC(C)(C)[Si](C)(C)O)N(C(C)C)C(C)C. The summed E-state index contributed by atoms with van der Waals surface area (Å²) in [5.41, 5.74) is -0.407. The maximum Gasteiger partial charge on any atom is 0.194 e. The minimum atomic E-state index is -2.27. The van der Waals surface area contributed by atoms with Gasteiger partial charge in [-0.1, -0.05) is 39.5 Å². The van der Waals surface area contributed by atoms with Crippen molar-refractivity contribution in [2.75, 3.05) is 12.4 Å². The molecule has 0 bridgehead atoms. The second-order valence-electron chi connectivity index (χ2n) is 12.2. The molecule has 1 N–H and O–H groups in total. The van der Waals surface area contributed by atoms with Gasteiger partial charge in [0.25, 0.3) is 0 Å². The van der Waals surface area contributed by atoms with Crippen molar-refractivity contribution in [3.8, 4) is 0 Å². The van der Waals surface area contributed by atoms with Gasteiger partial charge in [-0.25, -0.2) is 9.34 Å². The third kappa shape index (κ3) is 10.6. The maximum absolute atomic E-state index is 13.0. The zero-order valence-corrected chi connectivity index (χ0v) is 26.9. The molecule has 0 aromatic carbocycles. The van der Waals surface area contributed by atoms with Gasteiger partial charge in [-0.05, 0) is 86.4 Å². The Labute approximate surface area is 212 Å². The maximum atomic E-state index is 13.0. The summed E-state index contributed by atoms with van der Waals surface area (Å²) in [6, 6.07) is 1.53. The number of nitrogens with zero attached hydrogens (tertiary/aromatic N) is 2. The molecule has 8 heteroatoms. The van der Waals surface area contributed by atoms with Gasteiger partial charge in [-0.2, -0.15) is 0 Å². The average molecular weight is 523 g/mol. The smallest absolute Gasteiger partial charge is 0.194 e. The van der Waals surface area contributed by atoms with Gasteiger partial charge >= 0.3 is 0 Å². The van der Waals surface area contributed by atoms with Gasteiger partial charge in [0, 0.05) is 35.3 Å². The number of carbonyl (C=O) groups excluding carboxylic acids is 1. The summed E-state index contributed by atoms with van der Waals surface area (Å²) in [6.45, 7) is 30.7. The van der Waals surface area contributed by atoms with Crippen LogP contribution in [0.2, 0.25) is 18.1 Å². The van der Waals surface area contributed by atoms with E-state index >= 15 is 0 Å². The zero-order valence-electron chi connectivity index (χ0n) is 24.2. The Balaban J connectivity index is 5.14. The fourth-order valence-corrected chi connectivity index (χ4v) is 7.76. The summed E-state index contributed by atoms with van der Waals surface area (Å²) in [5, 5.41) is 0.112. The molecular formula is C25H55N2O3PSSi. The van der Waals surface area contributed by atoms with E-state index in [1.165, 1.54) is 11.8 Å². The fourth-order valence-electron chi connectivity index (χ4n) is 3.72. The van der Waals surface area contributed by atoms with Crippen LogP contribution in [0.1, 0.15) is 95.9 Å². The first-order valence-electron chi connectivity index (χ1n) is 12.7. The van der Waals surface area contributed by atoms with Crippen molar-refractivity contribution in [1.82, 2.24) is 9.34 Å². The molecule has 0 aromatic rings. The largest absolute Gasteiger partial charge is 0.432 e. The molecule has 0 spiro atoms. The summed E-state index contributed by atoms with van der Waals surface area (Å²) in [7, 11) is -3.19. The minimum Gasteiger partial charge on any atom is -0.432 e. The molecule has 0 aliphatic rings. The third-order valence-corrected chi connectivity index (χ3v) is 14.4. The molecule has 0 amide bonds. The van der Waals surface area contributed by atoms with Gasteiger partial charge < -0.3 is 9.32 Å². The second kappa shape index (κ2) is 13.7. The monoisotopic (exact) mass is 522 g/mol. The number of carbonyl (C=O) groups is 1. The highest BCUT2D eigenvalue weighted by Crippen LogP contribution is 2.51. The lowest BCUT2D eigenvalue weighted by atomic mass is 9.86. The summed E-state index contributed by atoms with van der Waals surface area (Å²) in [5.74, 6) is 0.665. The van der Waals surface area contributed by atoms with E-state index in [4.69, 9.17) is 4.52 Å². The number of thioether (sulfide) groups is 1. The first-order valence-corrected chi connectivity index (χ1v) is 17.7. The summed E-state index contributed by atoms with van der Waals surface area (Å²) >= 11 is 1.40. The topological polar surface area (TPSA) is 53.0 Å². The first-order chi connectivity index (χ1) is 14.8. The minimum absolute atomic E-state index is 0.109. The highest BCUT2D eigenvalue weighted by atomic mass is 32.2. The lowest BCUT2D eigenvalue weighted by molar-refractivity contribution is -0.118. The second-order valence-corrected chi connectivity index (χ2v) is 19.4. The van der Waals surface area contributed by atoms with Gasteiger partial charge in [0.15, 0.2) is 21.9 Å². The van der Waals surface area contributed by atoms with Crippen LogP contribution in [0.3, 0.4) is 0 Å². The van der Waals surface area contributed by atoms with Crippen molar-refractivity contribution in [2.45, 2.75) is 138 Å². The molecule has 0 aliphatic carbocycles. The third-order valence-electron chi connectivity index (χ3n) is 6.62. The van der Waals surface area contributed by atoms with Crippen LogP contribution in [0, 0.1) is 5.41 Å². The molecule has 0 rings (SSSR count). The summed E-state index contributed by atoms with van der Waals surface area (Å²) in [6.07, 6.45) is 1.65. The van der Waals surface area contributed by atoms with Gasteiger partial charge in [0.2, 0.25) is 0 Å². The Morgan fingerprint density at radius 2 is 1.27 bits per heavy atom. The van der Waals surface area contributed by atoms with Crippen molar-refractivity contribution in [3.05, 3.63) is 0 Å². The molecule has 198 valence electrons. The molecule has 0 aliphatic heterocycles. The van der Waals surface area contributed by atoms with E-state index < -0.39 is 22.2 Å². The molecule has 0 saturated carbocycles. The van der Waals surface area contributed by atoms with Crippen LogP contribution >= 0.6 is 20.2 Å². The van der Waals surface area contributed by atoms with E-state index in [-0.39, 0.29) is 10.2 Å². The lowest BCUT2D eigenvalue weighted by Crippen LogP contribution is -2.43. The summed E-state index contributed by atoms with van der Waals surface area (Å²) in [4.78, 5) is 23.6. The quantitative estimate of drug-likeness (QED) is 0.136. The Hall–Kier alpha value is 0.507. The van der Waals surface area contributed by atoms with Crippen LogP contribution in [0.15, 0.2) is 0 Å². The molecule has 33 heavy (non-hydrogen) atoms. The molecule has 0 saturated heterocycles. The van der Waals surface area contributed by atoms with Crippen molar-refractivity contribution in [3.63, 3.8) is 0 Å². The average Bonchev–Trinajstić information content (AvgIpc) is 2.61. The van der Waals surface area contributed by atoms with Gasteiger partial charge in [-0.15, -0.1) is 0 Å². The van der Waals surface area contributed by atoms with Crippen molar-refractivity contribution in [1.29, 1.82) is 0 Å². The standard InChI is InChI=1S/C25H55N2O3PSSi/c1-19(2)26(20(3)4)31(27(21(5)6)22(7)8)30-17-18-32-23(28)24(9,10)15-16-25(11,12)33(13,14)29/h19-22,29H,15-18H2,1-14H3. The predicted molar refractivity (Wildman–Crippen MR) is 151 cm³/mol. The van der Waals surface area contributed by atoms with Crippen LogP contribution in [0.5, 0.6) is 0 Å². The molecule has 0 fully saturated rings. The molecule has 0 aromatic heterocycles. The van der Waals surface area contributed by atoms with Crippen molar-refractivity contribution < 1.29 is 14.1 Å². The van der Waals surface area contributed by atoms with Crippen LogP contribution in [0.4, 0.5) is 0 Å². The van der Waals surface area contributed by atoms with Crippen molar-refractivity contribution >= 4 is 33.6 Å². The molecule has 5 nitrogen and oxygen atoms in total. The number of hydrogen-bond acceptors (Lipinski definition) is 6. The Morgan fingerprint density at radius 1 is 0.879 bits per heavy atom. The number of hydrogen-bond donors (Lipinski definition) is 1. The van der Waals surface area contributed by atoms with Crippen LogP contribution in [-0.4, -0.2) is 64.1 Å². The first kappa shape index (κ1) is 33.5. The zero-order chi connectivity index (χ0) is 26.4. The molecule has 0 unspecified atom stereocenters. The van der Waals surface area contributed by atoms with Gasteiger partial charge in [-0.3, -0.25) is 4.79 Å². The fraction of sp³-hybridized carbons (Fsp3) is 0.960. The Kier molecular flexibility index (Phi) is 13.9. The van der Waals surface area contributed by atoms with Crippen LogP contribution in [-0.2, 0) is 9.32 Å².